The van der Waals surface area contributed by atoms with E-state index in [2.05, 4.69) is 66.0 Å². The zero-order chi connectivity index (χ0) is 23.1. The van der Waals surface area contributed by atoms with Gasteiger partial charge in [0.1, 0.15) is 0 Å². The van der Waals surface area contributed by atoms with Crippen molar-refractivity contribution in [3.8, 4) is 0 Å². The summed E-state index contributed by atoms with van der Waals surface area (Å²) < 4.78 is 0. The number of fused-ring (bicyclic) bond motifs is 3. The zero-order valence-electron chi connectivity index (χ0n) is 19.4. The maximum atomic E-state index is 13.0. The van der Waals surface area contributed by atoms with Gasteiger partial charge < -0.3 is 10.4 Å². The number of nitrogens with zero attached hydrogens (tertiary/aromatic N) is 1. The van der Waals surface area contributed by atoms with Gasteiger partial charge in [-0.2, -0.15) is 0 Å². The Labute approximate surface area is 201 Å². The second kappa shape index (κ2) is 8.59. The van der Waals surface area contributed by atoms with Crippen molar-refractivity contribution in [3.05, 3.63) is 107 Å². The maximum Gasteiger partial charge on any atom is 0.408 e. The second-order valence-electron chi connectivity index (χ2n) is 10.5. The van der Waals surface area contributed by atoms with Crippen molar-refractivity contribution in [1.29, 1.82) is 0 Å². The number of piperidine rings is 1. The topological polar surface area (TPSA) is 52.6 Å². The normalized spacial score (nSPS) is 30.1. The number of hydrogen-bond acceptors (Lipinski definition) is 2. The van der Waals surface area contributed by atoms with Crippen LogP contribution in [0.15, 0.2) is 84.9 Å². The first-order valence-electron chi connectivity index (χ1n) is 12.5. The van der Waals surface area contributed by atoms with Crippen LogP contribution in [0.3, 0.4) is 0 Å². The third kappa shape index (κ3) is 3.52. The molecule has 5 atom stereocenters. The van der Waals surface area contributed by atoms with E-state index in [1.165, 1.54) is 17.5 Å². The third-order valence-corrected chi connectivity index (χ3v) is 8.68. The Bertz CT molecular complexity index is 1160. The molecule has 1 saturated heterocycles. The zero-order valence-corrected chi connectivity index (χ0v) is 19.4. The molecule has 0 spiro atoms. The molecule has 0 aromatic heterocycles. The molecule has 2 N–H and O–H groups in total. The first-order chi connectivity index (χ1) is 16.7. The number of hydrogen-bond donors (Lipinski definition) is 2. The van der Waals surface area contributed by atoms with Gasteiger partial charge in [-0.1, -0.05) is 84.9 Å². The van der Waals surface area contributed by atoms with E-state index >= 15 is 0 Å². The lowest BCUT2D eigenvalue weighted by atomic mass is 9.63. The molecule has 2 bridgehead atoms. The smallest absolute Gasteiger partial charge is 0.408 e. The predicted molar refractivity (Wildman–Crippen MR) is 134 cm³/mol. The minimum absolute atomic E-state index is 0.0316. The van der Waals surface area contributed by atoms with Crippen LogP contribution >= 0.6 is 0 Å². The highest BCUT2D eigenvalue weighted by atomic mass is 16.4. The summed E-state index contributed by atoms with van der Waals surface area (Å²) in [4.78, 5) is 14.8. The van der Waals surface area contributed by atoms with Gasteiger partial charge >= 0.3 is 6.09 Å². The van der Waals surface area contributed by atoms with Crippen molar-refractivity contribution >= 4 is 6.09 Å². The van der Waals surface area contributed by atoms with Crippen LogP contribution in [0.2, 0.25) is 0 Å². The van der Waals surface area contributed by atoms with Crippen LogP contribution in [0, 0.1) is 17.3 Å². The number of nitrogens with one attached hydrogen (secondary N) is 1. The first kappa shape index (κ1) is 21.4. The molecule has 4 nitrogen and oxygen atoms in total. The Morgan fingerprint density at radius 3 is 2.44 bits per heavy atom. The first-order valence-corrected chi connectivity index (χ1v) is 12.5. The molecule has 6 rings (SSSR count). The van der Waals surface area contributed by atoms with Gasteiger partial charge in [-0.15, -0.1) is 0 Å². The van der Waals surface area contributed by atoms with Crippen LogP contribution < -0.4 is 5.32 Å². The lowest BCUT2D eigenvalue weighted by Crippen LogP contribution is -2.59. The summed E-state index contributed by atoms with van der Waals surface area (Å²) in [6.07, 6.45) is 3.33. The van der Waals surface area contributed by atoms with Crippen molar-refractivity contribution in [1.82, 2.24) is 10.2 Å². The van der Waals surface area contributed by atoms with Crippen LogP contribution in [0.5, 0.6) is 0 Å². The minimum atomic E-state index is -0.804. The molecule has 2 heterocycles. The van der Waals surface area contributed by atoms with Crippen molar-refractivity contribution in [2.75, 3.05) is 13.1 Å². The van der Waals surface area contributed by atoms with Gasteiger partial charge in [0, 0.05) is 12.6 Å². The van der Waals surface area contributed by atoms with Crippen LogP contribution in [0.4, 0.5) is 4.79 Å². The third-order valence-electron chi connectivity index (χ3n) is 8.68. The summed E-state index contributed by atoms with van der Waals surface area (Å²) in [5, 5.41) is 14.4. The highest BCUT2D eigenvalue weighted by Crippen LogP contribution is 2.56. The van der Waals surface area contributed by atoms with E-state index < -0.39 is 6.09 Å². The monoisotopic (exact) mass is 452 g/mol. The van der Waals surface area contributed by atoms with E-state index in [1.807, 2.05) is 29.2 Å². The van der Waals surface area contributed by atoms with E-state index in [-0.39, 0.29) is 17.5 Å². The van der Waals surface area contributed by atoms with E-state index in [9.17, 15) is 9.90 Å². The number of amides is 1. The fourth-order valence-electron chi connectivity index (χ4n) is 7.43. The number of carboxylic acid groups (broad SMARTS) is 1. The molecule has 2 aliphatic heterocycles. The maximum absolute atomic E-state index is 13.0. The molecule has 174 valence electrons. The van der Waals surface area contributed by atoms with E-state index in [0.29, 0.717) is 11.8 Å². The summed E-state index contributed by atoms with van der Waals surface area (Å²) in [7, 11) is 0. The highest BCUT2D eigenvalue weighted by Gasteiger charge is 2.57. The van der Waals surface area contributed by atoms with Gasteiger partial charge in [0.2, 0.25) is 0 Å². The predicted octanol–water partition coefficient (Wildman–Crippen LogP) is 5.54. The quantitative estimate of drug-likeness (QED) is 0.547. The molecule has 4 heteroatoms. The summed E-state index contributed by atoms with van der Waals surface area (Å²) >= 11 is 0. The van der Waals surface area contributed by atoms with Gasteiger partial charge in [-0.05, 0) is 71.7 Å². The Kier molecular flexibility index (Phi) is 5.41. The number of rotatable bonds is 4. The van der Waals surface area contributed by atoms with Crippen LogP contribution in [-0.4, -0.2) is 35.2 Å². The van der Waals surface area contributed by atoms with Gasteiger partial charge in [-0.3, -0.25) is 4.90 Å². The molecule has 0 radical (unpaired) electrons. The van der Waals surface area contributed by atoms with Gasteiger partial charge in [0.25, 0.3) is 0 Å². The van der Waals surface area contributed by atoms with Crippen molar-refractivity contribution < 1.29 is 9.90 Å². The average Bonchev–Trinajstić information content (AvgIpc) is 3.08. The van der Waals surface area contributed by atoms with Gasteiger partial charge in [0.05, 0.1) is 6.04 Å². The number of carbonyl (C=O) groups is 1. The number of benzene rings is 3. The Morgan fingerprint density at radius 1 is 0.971 bits per heavy atom. The molecule has 5 unspecified atom stereocenters. The molecule has 1 aliphatic carbocycles. The molecular formula is C30H32N2O2. The van der Waals surface area contributed by atoms with Gasteiger partial charge in [-0.25, -0.2) is 4.79 Å². The summed E-state index contributed by atoms with van der Waals surface area (Å²) in [6.45, 7) is 1.95. The molecular weight excluding hydrogens is 420 g/mol. The lowest BCUT2D eigenvalue weighted by molar-refractivity contribution is 0.00938. The van der Waals surface area contributed by atoms with E-state index in [1.54, 1.807) is 0 Å². The van der Waals surface area contributed by atoms with Crippen LogP contribution in [0.25, 0.3) is 0 Å². The Morgan fingerprint density at radius 2 is 1.68 bits per heavy atom. The summed E-state index contributed by atoms with van der Waals surface area (Å²) in [6, 6.07) is 29.2. The lowest BCUT2D eigenvalue weighted by Gasteiger charge is -2.52. The summed E-state index contributed by atoms with van der Waals surface area (Å²) in [5.74, 6) is 0.843. The van der Waals surface area contributed by atoms with Crippen molar-refractivity contribution in [2.24, 2.45) is 17.3 Å². The Balaban J connectivity index is 1.47. The Hall–Kier alpha value is -3.11. The second-order valence-corrected chi connectivity index (χ2v) is 10.5. The summed E-state index contributed by atoms with van der Waals surface area (Å²) in [5.41, 5.74) is 4.92. The average molecular weight is 453 g/mol. The van der Waals surface area contributed by atoms with E-state index in [0.717, 1.165) is 43.5 Å². The van der Waals surface area contributed by atoms with Crippen molar-refractivity contribution in [3.63, 3.8) is 0 Å². The van der Waals surface area contributed by atoms with Crippen molar-refractivity contribution in [2.45, 2.75) is 37.8 Å². The molecule has 3 aromatic rings. The molecule has 3 aliphatic rings. The van der Waals surface area contributed by atoms with E-state index in [4.69, 9.17) is 0 Å². The SMILES string of the molecule is O=C(O)N1C(c2ccccc2)c2ccccc2CC1C1C2CCC1(Cc1ccccc1)CNC2. The molecule has 34 heavy (non-hydrogen) atoms. The minimum Gasteiger partial charge on any atom is -0.465 e. The fourth-order valence-corrected chi connectivity index (χ4v) is 7.43. The van der Waals surface area contributed by atoms with Gasteiger partial charge in [0.15, 0.2) is 0 Å². The standard InChI is InChI=1S/C30H32N2O2/c33-29(34)32-26(17-23-13-7-8-14-25(23)28(32)22-11-5-2-6-12-22)27-24-15-16-30(27,20-31-19-24)18-21-9-3-1-4-10-21/h1-14,24,26-28,31H,15-20H2,(H,33,34). The molecule has 3 aromatic carbocycles. The highest BCUT2D eigenvalue weighted by molar-refractivity contribution is 5.68. The van der Waals surface area contributed by atoms with Crippen LogP contribution in [0.1, 0.15) is 41.1 Å². The largest absolute Gasteiger partial charge is 0.465 e. The fraction of sp³-hybridized carbons (Fsp3) is 0.367. The van der Waals surface area contributed by atoms with Crippen LogP contribution in [-0.2, 0) is 12.8 Å². The molecule has 1 saturated carbocycles. The molecule has 1 amide bonds. The molecule has 2 fully saturated rings.